The van der Waals surface area contributed by atoms with Gasteiger partial charge in [-0.3, -0.25) is 0 Å². The molecule has 0 amide bonds. The zero-order valence-corrected chi connectivity index (χ0v) is 7.82. The van der Waals surface area contributed by atoms with Crippen LogP contribution >= 0.6 is 0 Å². The average Bonchev–Trinajstić information content (AvgIpc) is 2.58. The lowest BCUT2D eigenvalue weighted by Gasteiger charge is -2.08. The van der Waals surface area contributed by atoms with Crippen molar-refractivity contribution in [3.8, 4) is 5.75 Å². The predicted octanol–water partition coefficient (Wildman–Crippen LogP) is 2.55. The lowest BCUT2D eigenvalue weighted by Crippen LogP contribution is -2.06. The van der Waals surface area contributed by atoms with Gasteiger partial charge in [-0.1, -0.05) is 25.1 Å². The highest BCUT2D eigenvalue weighted by atomic mass is 16.5. The van der Waals surface area contributed by atoms with Crippen molar-refractivity contribution in [1.29, 1.82) is 0 Å². The van der Waals surface area contributed by atoms with E-state index >= 15 is 0 Å². The Morgan fingerprint density at radius 3 is 3.15 bits per heavy atom. The standard InChI is InChI=1S/C11H14O2/c1-2-7-12-11-8-13-10-6-4-3-5-9(10)11/h3-6,11H,2,7-8H2,1H3. The van der Waals surface area contributed by atoms with Crippen LogP contribution in [0.2, 0.25) is 0 Å². The van der Waals surface area contributed by atoms with Crippen LogP contribution in [0.4, 0.5) is 0 Å². The summed E-state index contributed by atoms with van der Waals surface area (Å²) >= 11 is 0. The second kappa shape index (κ2) is 3.79. The maximum Gasteiger partial charge on any atom is 0.125 e. The summed E-state index contributed by atoms with van der Waals surface area (Å²) < 4.78 is 11.1. The second-order valence-electron chi connectivity index (χ2n) is 3.21. The minimum atomic E-state index is 0.149. The van der Waals surface area contributed by atoms with Crippen LogP contribution in [-0.4, -0.2) is 13.2 Å². The van der Waals surface area contributed by atoms with Crippen molar-refractivity contribution in [3.05, 3.63) is 29.8 Å². The molecule has 2 rings (SSSR count). The molecule has 1 aromatic carbocycles. The Labute approximate surface area is 78.5 Å². The van der Waals surface area contributed by atoms with E-state index in [9.17, 15) is 0 Å². The molecular weight excluding hydrogens is 164 g/mol. The summed E-state index contributed by atoms with van der Waals surface area (Å²) in [7, 11) is 0. The van der Waals surface area contributed by atoms with Gasteiger partial charge in [0, 0.05) is 12.2 Å². The van der Waals surface area contributed by atoms with E-state index in [1.165, 1.54) is 5.56 Å². The van der Waals surface area contributed by atoms with Crippen molar-refractivity contribution in [2.45, 2.75) is 19.4 Å². The van der Waals surface area contributed by atoms with Crippen LogP contribution in [0.3, 0.4) is 0 Å². The van der Waals surface area contributed by atoms with Gasteiger partial charge in [-0.25, -0.2) is 0 Å². The molecule has 1 aromatic rings. The summed E-state index contributed by atoms with van der Waals surface area (Å²) in [6, 6.07) is 8.07. The smallest absolute Gasteiger partial charge is 0.125 e. The quantitative estimate of drug-likeness (QED) is 0.708. The van der Waals surface area contributed by atoms with Gasteiger partial charge in [-0.2, -0.15) is 0 Å². The summed E-state index contributed by atoms with van der Waals surface area (Å²) in [6.45, 7) is 3.59. The van der Waals surface area contributed by atoms with E-state index in [1.54, 1.807) is 0 Å². The molecule has 0 aliphatic carbocycles. The molecule has 0 N–H and O–H groups in total. The third-order valence-corrected chi connectivity index (χ3v) is 2.18. The van der Waals surface area contributed by atoms with E-state index in [0.29, 0.717) is 6.61 Å². The molecule has 1 aliphatic heterocycles. The summed E-state index contributed by atoms with van der Waals surface area (Å²) in [6.07, 6.45) is 1.20. The fraction of sp³-hybridized carbons (Fsp3) is 0.455. The SMILES string of the molecule is CCCOC1COc2ccccc21. The van der Waals surface area contributed by atoms with Gasteiger partial charge in [0.1, 0.15) is 18.5 Å². The molecule has 1 heterocycles. The zero-order valence-electron chi connectivity index (χ0n) is 7.82. The highest BCUT2D eigenvalue weighted by molar-refractivity contribution is 5.38. The van der Waals surface area contributed by atoms with E-state index in [1.807, 2.05) is 18.2 Å². The summed E-state index contributed by atoms with van der Waals surface area (Å²) in [5, 5.41) is 0. The van der Waals surface area contributed by atoms with E-state index in [0.717, 1.165) is 18.8 Å². The van der Waals surface area contributed by atoms with E-state index in [-0.39, 0.29) is 6.10 Å². The van der Waals surface area contributed by atoms with Crippen LogP contribution in [0.1, 0.15) is 25.0 Å². The van der Waals surface area contributed by atoms with Crippen LogP contribution in [0, 0.1) is 0 Å². The first kappa shape index (κ1) is 8.57. The normalized spacial score (nSPS) is 19.6. The molecule has 70 valence electrons. The highest BCUT2D eigenvalue weighted by Crippen LogP contribution is 2.33. The third-order valence-electron chi connectivity index (χ3n) is 2.18. The van der Waals surface area contributed by atoms with Crippen LogP contribution in [0.25, 0.3) is 0 Å². The molecule has 0 spiro atoms. The minimum Gasteiger partial charge on any atom is -0.490 e. The first-order valence-corrected chi connectivity index (χ1v) is 4.75. The maximum absolute atomic E-state index is 5.65. The number of hydrogen-bond acceptors (Lipinski definition) is 2. The molecule has 0 fully saturated rings. The largest absolute Gasteiger partial charge is 0.490 e. The Morgan fingerprint density at radius 2 is 2.31 bits per heavy atom. The van der Waals surface area contributed by atoms with Crippen LogP contribution in [-0.2, 0) is 4.74 Å². The van der Waals surface area contributed by atoms with Gasteiger partial charge in [-0.05, 0) is 12.5 Å². The number of hydrogen-bond donors (Lipinski definition) is 0. The first-order valence-electron chi connectivity index (χ1n) is 4.75. The zero-order chi connectivity index (χ0) is 9.10. The molecule has 1 unspecified atom stereocenters. The Hall–Kier alpha value is -1.02. The van der Waals surface area contributed by atoms with E-state index in [2.05, 4.69) is 13.0 Å². The molecule has 1 aliphatic rings. The van der Waals surface area contributed by atoms with Crippen molar-refractivity contribution in [2.24, 2.45) is 0 Å². The van der Waals surface area contributed by atoms with Gasteiger partial charge in [-0.15, -0.1) is 0 Å². The highest BCUT2D eigenvalue weighted by Gasteiger charge is 2.23. The van der Waals surface area contributed by atoms with Gasteiger partial charge >= 0.3 is 0 Å². The Balaban J connectivity index is 2.09. The van der Waals surface area contributed by atoms with Crippen molar-refractivity contribution in [3.63, 3.8) is 0 Å². The van der Waals surface area contributed by atoms with Crippen molar-refractivity contribution in [2.75, 3.05) is 13.2 Å². The Bertz CT molecular complexity index is 283. The molecule has 2 heteroatoms. The molecule has 0 radical (unpaired) electrons. The van der Waals surface area contributed by atoms with Gasteiger partial charge < -0.3 is 9.47 Å². The summed E-state index contributed by atoms with van der Waals surface area (Å²) in [5.41, 5.74) is 1.19. The maximum atomic E-state index is 5.65. The van der Waals surface area contributed by atoms with Crippen molar-refractivity contribution >= 4 is 0 Å². The van der Waals surface area contributed by atoms with Crippen molar-refractivity contribution in [1.82, 2.24) is 0 Å². The van der Waals surface area contributed by atoms with Gasteiger partial charge in [0.15, 0.2) is 0 Å². The molecule has 2 nitrogen and oxygen atoms in total. The number of para-hydroxylation sites is 1. The Morgan fingerprint density at radius 1 is 1.46 bits per heavy atom. The summed E-state index contributed by atoms with van der Waals surface area (Å²) in [5.74, 6) is 0.976. The third kappa shape index (κ3) is 1.68. The monoisotopic (exact) mass is 178 g/mol. The molecule has 0 bridgehead atoms. The lowest BCUT2D eigenvalue weighted by molar-refractivity contribution is 0.0386. The number of fused-ring (bicyclic) bond motifs is 1. The molecule has 13 heavy (non-hydrogen) atoms. The molecule has 0 saturated carbocycles. The second-order valence-corrected chi connectivity index (χ2v) is 3.21. The predicted molar refractivity (Wildman–Crippen MR) is 50.9 cm³/mol. The van der Waals surface area contributed by atoms with Gasteiger partial charge in [0.2, 0.25) is 0 Å². The van der Waals surface area contributed by atoms with E-state index < -0.39 is 0 Å². The van der Waals surface area contributed by atoms with Crippen LogP contribution in [0.5, 0.6) is 5.75 Å². The number of benzene rings is 1. The van der Waals surface area contributed by atoms with Crippen LogP contribution in [0.15, 0.2) is 24.3 Å². The fourth-order valence-corrected chi connectivity index (χ4v) is 1.53. The summed E-state index contributed by atoms with van der Waals surface area (Å²) in [4.78, 5) is 0. The molecule has 0 saturated heterocycles. The van der Waals surface area contributed by atoms with E-state index in [4.69, 9.17) is 9.47 Å². The van der Waals surface area contributed by atoms with Crippen molar-refractivity contribution < 1.29 is 9.47 Å². The minimum absolute atomic E-state index is 0.149. The Kier molecular flexibility index (Phi) is 2.50. The number of ether oxygens (including phenoxy) is 2. The molecular formula is C11H14O2. The van der Waals surface area contributed by atoms with Gasteiger partial charge in [0.05, 0.1) is 0 Å². The average molecular weight is 178 g/mol. The fourth-order valence-electron chi connectivity index (χ4n) is 1.53. The van der Waals surface area contributed by atoms with Crippen LogP contribution < -0.4 is 4.74 Å². The lowest BCUT2D eigenvalue weighted by atomic mass is 10.1. The molecule has 0 aromatic heterocycles. The molecule has 1 atom stereocenters. The number of rotatable bonds is 3. The van der Waals surface area contributed by atoms with Gasteiger partial charge in [0.25, 0.3) is 0 Å². The topological polar surface area (TPSA) is 18.5 Å². The first-order chi connectivity index (χ1) is 6.42.